The van der Waals surface area contributed by atoms with E-state index in [0.29, 0.717) is 10.2 Å². The number of benzene rings is 2. The summed E-state index contributed by atoms with van der Waals surface area (Å²) in [4.78, 5) is 12.1. The monoisotopic (exact) mass is 389 g/mol. The van der Waals surface area contributed by atoms with E-state index in [9.17, 15) is 4.79 Å². The first-order valence-electron chi connectivity index (χ1n) is 7.64. The lowest BCUT2D eigenvalue weighted by molar-refractivity contribution is -0.115. The number of nitrogens with zero attached hydrogens (tertiary/aromatic N) is 2. The van der Waals surface area contributed by atoms with Crippen LogP contribution >= 0.6 is 34.7 Å². The fourth-order valence-electron chi connectivity index (χ4n) is 2.22. The molecule has 0 radical (unpaired) electrons. The number of hydrogen-bond acceptors (Lipinski definition) is 5. The van der Waals surface area contributed by atoms with Crippen LogP contribution in [0, 0.1) is 6.92 Å². The molecule has 0 aliphatic rings. The maximum atomic E-state index is 12.1. The summed E-state index contributed by atoms with van der Waals surface area (Å²) in [5.41, 5.74) is 3.39. The fourth-order valence-corrected chi connectivity index (χ4v) is 4.05. The van der Waals surface area contributed by atoms with Crippen molar-refractivity contribution in [2.24, 2.45) is 0 Å². The molecular weight excluding hydrogens is 374 g/mol. The number of halogens is 1. The highest BCUT2D eigenvalue weighted by Gasteiger charge is 2.09. The smallest absolute Gasteiger partial charge is 0.230 e. The van der Waals surface area contributed by atoms with Gasteiger partial charge in [0, 0.05) is 10.8 Å². The van der Waals surface area contributed by atoms with Crippen molar-refractivity contribution in [2.75, 3.05) is 5.32 Å². The molecule has 2 aromatic carbocycles. The van der Waals surface area contributed by atoms with Crippen molar-refractivity contribution < 1.29 is 4.79 Å². The SMILES string of the molecule is Cc1cccc(CSc2nnc(NC(=O)Cc3ccc(Cl)cc3)s2)c1. The predicted molar refractivity (Wildman–Crippen MR) is 104 cm³/mol. The molecule has 7 heteroatoms. The minimum Gasteiger partial charge on any atom is -0.300 e. The van der Waals surface area contributed by atoms with Gasteiger partial charge in [-0.1, -0.05) is 76.7 Å². The van der Waals surface area contributed by atoms with E-state index in [1.165, 1.54) is 22.5 Å². The maximum absolute atomic E-state index is 12.1. The molecule has 1 aromatic heterocycles. The Labute approximate surface area is 159 Å². The minimum absolute atomic E-state index is 0.117. The van der Waals surface area contributed by atoms with Crippen molar-refractivity contribution in [3.05, 3.63) is 70.2 Å². The van der Waals surface area contributed by atoms with E-state index in [4.69, 9.17) is 11.6 Å². The van der Waals surface area contributed by atoms with Gasteiger partial charge in [-0.15, -0.1) is 10.2 Å². The van der Waals surface area contributed by atoms with Crippen molar-refractivity contribution in [3.63, 3.8) is 0 Å². The largest absolute Gasteiger partial charge is 0.300 e. The maximum Gasteiger partial charge on any atom is 0.230 e. The number of nitrogens with one attached hydrogen (secondary N) is 1. The minimum atomic E-state index is -0.117. The van der Waals surface area contributed by atoms with Gasteiger partial charge in [0.15, 0.2) is 4.34 Å². The van der Waals surface area contributed by atoms with Crippen molar-refractivity contribution >= 4 is 45.7 Å². The molecule has 0 saturated heterocycles. The second kappa shape index (κ2) is 8.47. The normalized spacial score (nSPS) is 10.6. The molecule has 3 rings (SSSR count). The van der Waals surface area contributed by atoms with Gasteiger partial charge in [-0.2, -0.15) is 0 Å². The van der Waals surface area contributed by atoms with E-state index < -0.39 is 0 Å². The molecule has 0 fully saturated rings. The van der Waals surface area contributed by atoms with Crippen LogP contribution in [0.1, 0.15) is 16.7 Å². The number of anilines is 1. The molecule has 3 aromatic rings. The summed E-state index contributed by atoms with van der Waals surface area (Å²) in [6.45, 7) is 2.08. The molecule has 0 bridgehead atoms. The fraction of sp³-hybridized carbons (Fsp3) is 0.167. The number of thioether (sulfide) groups is 1. The lowest BCUT2D eigenvalue weighted by atomic mass is 10.1. The third-order valence-corrected chi connectivity index (χ3v) is 5.67. The Kier molecular flexibility index (Phi) is 6.07. The second-order valence-corrected chi connectivity index (χ2v) is 8.14. The van der Waals surface area contributed by atoms with E-state index in [0.717, 1.165) is 15.7 Å². The molecular formula is C18H16ClN3OS2. The van der Waals surface area contributed by atoms with E-state index in [1.807, 2.05) is 18.2 Å². The zero-order chi connectivity index (χ0) is 17.6. The van der Waals surface area contributed by atoms with Crippen LogP contribution < -0.4 is 5.32 Å². The number of hydrogen-bond donors (Lipinski definition) is 1. The van der Waals surface area contributed by atoms with Gasteiger partial charge < -0.3 is 5.32 Å². The quantitative estimate of drug-likeness (QED) is 0.477. The lowest BCUT2D eigenvalue weighted by Crippen LogP contribution is -2.14. The molecule has 0 aliphatic heterocycles. The average Bonchev–Trinajstić information content (AvgIpc) is 3.02. The Bertz CT molecular complexity index is 865. The predicted octanol–water partition coefficient (Wildman–Crippen LogP) is 4.97. The molecule has 1 N–H and O–H groups in total. The summed E-state index contributed by atoms with van der Waals surface area (Å²) in [5, 5.41) is 12.1. The first-order valence-corrected chi connectivity index (χ1v) is 9.82. The van der Waals surface area contributed by atoms with Gasteiger partial charge in [0.1, 0.15) is 0 Å². The first kappa shape index (κ1) is 17.9. The highest BCUT2D eigenvalue weighted by molar-refractivity contribution is 8.00. The Morgan fingerprint density at radius 3 is 2.72 bits per heavy atom. The summed E-state index contributed by atoms with van der Waals surface area (Å²) in [6.07, 6.45) is 0.280. The second-order valence-electron chi connectivity index (χ2n) is 5.50. The zero-order valence-electron chi connectivity index (χ0n) is 13.5. The van der Waals surface area contributed by atoms with E-state index in [1.54, 1.807) is 23.9 Å². The third-order valence-electron chi connectivity index (χ3n) is 3.38. The van der Waals surface area contributed by atoms with Crippen LogP contribution in [0.15, 0.2) is 52.9 Å². The summed E-state index contributed by atoms with van der Waals surface area (Å²) >= 11 is 8.84. The van der Waals surface area contributed by atoms with Crippen LogP contribution in [0.5, 0.6) is 0 Å². The van der Waals surface area contributed by atoms with E-state index in [2.05, 4.69) is 40.6 Å². The Morgan fingerprint density at radius 1 is 1.16 bits per heavy atom. The summed E-state index contributed by atoms with van der Waals surface area (Å²) in [5.74, 6) is 0.711. The van der Waals surface area contributed by atoms with Gasteiger partial charge in [0.05, 0.1) is 6.42 Å². The molecule has 0 atom stereocenters. The van der Waals surface area contributed by atoms with Crippen LogP contribution in [0.2, 0.25) is 5.02 Å². The van der Waals surface area contributed by atoms with Crippen molar-refractivity contribution in [2.45, 2.75) is 23.4 Å². The molecule has 0 unspecified atom stereocenters. The number of rotatable bonds is 6. The number of carbonyl (C=O) groups excluding carboxylic acids is 1. The number of aryl methyl sites for hydroxylation is 1. The topological polar surface area (TPSA) is 54.9 Å². The van der Waals surface area contributed by atoms with Crippen LogP contribution in [0.25, 0.3) is 0 Å². The molecule has 0 spiro atoms. The Morgan fingerprint density at radius 2 is 1.96 bits per heavy atom. The van der Waals surface area contributed by atoms with Crippen LogP contribution in [-0.2, 0) is 17.0 Å². The van der Waals surface area contributed by atoms with Crippen LogP contribution in [0.4, 0.5) is 5.13 Å². The van der Waals surface area contributed by atoms with Crippen LogP contribution in [0.3, 0.4) is 0 Å². The lowest BCUT2D eigenvalue weighted by Gasteiger charge is -2.01. The standard InChI is InChI=1S/C18H16ClN3OS2/c1-12-3-2-4-14(9-12)11-24-18-22-21-17(25-18)20-16(23)10-13-5-7-15(19)8-6-13/h2-9H,10-11H2,1H3,(H,20,21,23). The third kappa shape index (κ3) is 5.56. The molecule has 128 valence electrons. The number of carbonyl (C=O) groups is 1. The summed E-state index contributed by atoms with van der Waals surface area (Å²) < 4.78 is 0.836. The van der Waals surface area contributed by atoms with Crippen molar-refractivity contribution in [3.8, 4) is 0 Å². The van der Waals surface area contributed by atoms with Gasteiger partial charge in [-0.05, 0) is 30.2 Å². The van der Waals surface area contributed by atoms with Gasteiger partial charge in [-0.25, -0.2) is 0 Å². The summed E-state index contributed by atoms with van der Waals surface area (Å²) in [7, 11) is 0. The Balaban J connectivity index is 1.52. The highest BCUT2D eigenvalue weighted by atomic mass is 35.5. The summed E-state index contributed by atoms with van der Waals surface area (Å²) in [6, 6.07) is 15.6. The highest BCUT2D eigenvalue weighted by Crippen LogP contribution is 2.28. The molecule has 0 saturated carbocycles. The van der Waals surface area contributed by atoms with Gasteiger partial charge in [-0.3, -0.25) is 4.79 Å². The van der Waals surface area contributed by atoms with Crippen molar-refractivity contribution in [1.29, 1.82) is 0 Å². The molecule has 25 heavy (non-hydrogen) atoms. The van der Waals surface area contributed by atoms with E-state index in [-0.39, 0.29) is 12.3 Å². The molecule has 1 heterocycles. The van der Waals surface area contributed by atoms with Gasteiger partial charge in [0.25, 0.3) is 0 Å². The van der Waals surface area contributed by atoms with Crippen LogP contribution in [-0.4, -0.2) is 16.1 Å². The van der Waals surface area contributed by atoms with E-state index >= 15 is 0 Å². The molecule has 4 nitrogen and oxygen atoms in total. The van der Waals surface area contributed by atoms with Gasteiger partial charge >= 0.3 is 0 Å². The first-order chi connectivity index (χ1) is 12.1. The molecule has 0 aliphatic carbocycles. The van der Waals surface area contributed by atoms with Gasteiger partial charge in [0.2, 0.25) is 11.0 Å². The average molecular weight is 390 g/mol. The Hall–Kier alpha value is -1.89. The number of aromatic nitrogens is 2. The number of amides is 1. The zero-order valence-corrected chi connectivity index (χ0v) is 15.9. The van der Waals surface area contributed by atoms with Crippen molar-refractivity contribution in [1.82, 2.24) is 10.2 Å². The molecule has 1 amide bonds.